The Morgan fingerprint density at radius 1 is 1.09 bits per heavy atom. The Morgan fingerprint density at radius 2 is 1.73 bits per heavy atom. The smallest absolute Gasteiger partial charge is 0.247 e. The van der Waals surface area contributed by atoms with Crippen LogP contribution in [-0.4, -0.2) is 63.9 Å². The Labute approximate surface area is 130 Å². The van der Waals surface area contributed by atoms with Crippen molar-refractivity contribution in [2.24, 2.45) is 0 Å². The highest BCUT2D eigenvalue weighted by Crippen LogP contribution is 2.30. The molecule has 1 heterocycles. The number of methoxy groups -OCH3 is 2. The van der Waals surface area contributed by atoms with Gasteiger partial charge in [0.25, 0.3) is 0 Å². The molecule has 122 valence electrons. The molecule has 8 heteroatoms. The minimum Gasteiger partial charge on any atom is -0.497 e. The number of carbonyl (C=O) groups is 1. The Morgan fingerprint density at radius 3 is 2.23 bits per heavy atom. The van der Waals surface area contributed by atoms with E-state index in [2.05, 4.69) is 0 Å². The first-order chi connectivity index (χ1) is 10.4. The van der Waals surface area contributed by atoms with Crippen molar-refractivity contribution in [3.8, 4) is 11.5 Å². The topological polar surface area (TPSA) is 76.2 Å². The summed E-state index contributed by atoms with van der Waals surface area (Å²) in [7, 11) is -0.795. The number of sulfonamides is 1. The van der Waals surface area contributed by atoms with Crippen molar-refractivity contribution in [2.45, 2.75) is 11.8 Å². The van der Waals surface area contributed by atoms with Crippen LogP contribution in [-0.2, 0) is 14.8 Å². The van der Waals surface area contributed by atoms with Gasteiger partial charge >= 0.3 is 0 Å². The molecule has 0 bridgehead atoms. The second kappa shape index (κ2) is 6.53. The predicted octanol–water partition coefficient (Wildman–Crippen LogP) is 0.557. The third kappa shape index (κ3) is 3.17. The van der Waals surface area contributed by atoms with Crippen LogP contribution in [0, 0.1) is 0 Å². The summed E-state index contributed by atoms with van der Waals surface area (Å²) in [4.78, 5) is 13.0. The molecule has 1 amide bonds. The van der Waals surface area contributed by atoms with Gasteiger partial charge in [0.15, 0.2) is 0 Å². The van der Waals surface area contributed by atoms with Crippen molar-refractivity contribution < 1.29 is 22.7 Å². The molecule has 7 nitrogen and oxygen atoms in total. The van der Waals surface area contributed by atoms with Crippen molar-refractivity contribution in [3.05, 3.63) is 18.2 Å². The molecule has 2 rings (SSSR count). The molecule has 1 fully saturated rings. The van der Waals surface area contributed by atoms with Gasteiger partial charge in [-0.3, -0.25) is 4.79 Å². The summed E-state index contributed by atoms with van der Waals surface area (Å²) >= 11 is 0. The van der Waals surface area contributed by atoms with Gasteiger partial charge in [-0.25, -0.2) is 8.42 Å². The Hall–Kier alpha value is -1.80. The lowest BCUT2D eigenvalue weighted by atomic mass is 10.3. The molecule has 0 aliphatic carbocycles. The zero-order chi connectivity index (χ0) is 16.3. The molecule has 0 spiro atoms. The van der Waals surface area contributed by atoms with Gasteiger partial charge in [0.2, 0.25) is 15.9 Å². The van der Waals surface area contributed by atoms with E-state index < -0.39 is 10.0 Å². The first kappa shape index (κ1) is 16.6. The van der Waals surface area contributed by atoms with E-state index in [9.17, 15) is 13.2 Å². The number of benzene rings is 1. The average molecular weight is 328 g/mol. The van der Waals surface area contributed by atoms with Crippen molar-refractivity contribution in [1.29, 1.82) is 0 Å². The van der Waals surface area contributed by atoms with Gasteiger partial charge in [-0.05, 0) is 12.1 Å². The summed E-state index contributed by atoms with van der Waals surface area (Å²) in [6, 6.07) is 4.66. The van der Waals surface area contributed by atoms with Crippen LogP contribution < -0.4 is 9.47 Å². The summed E-state index contributed by atoms with van der Waals surface area (Å²) in [5.41, 5.74) is 0. The maximum Gasteiger partial charge on any atom is 0.247 e. The summed E-state index contributed by atoms with van der Waals surface area (Å²) in [5.74, 6) is 0.674. The zero-order valence-electron chi connectivity index (χ0n) is 12.9. The van der Waals surface area contributed by atoms with Gasteiger partial charge in [-0.15, -0.1) is 0 Å². The number of hydrogen-bond donors (Lipinski definition) is 0. The van der Waals surface area contributed by atoms with Crippen LogP contribution >= 0.6 is 0 Å². The normalized spacial score (nSPS) is 16.4. The quantitative estimate of drug-likeness (QED) is 0.807. The first-order valence-corrected chi connectivity index (χ1v) is 8.32. The van der Waals surface area contributed by atoms with Gasteiger partial charge in [-0.1, -0.05) is 0 Å². The molecule has 0 atom stereocenters. The molecule has 1 aliphatic heterocycles. The fourth-order valence-electron chi connectivity index (χ4n) is 2.37. The van der Waals surface area contributed by atoms with E-state index in [1.54, 1.807) is 17.0 Å². The van der Waals surface area contributed by atoms with Gasteiger partial charge in [0, 0.05) is 39.2 Å². The van der Waals surface area contributed by atoms with E-state index in [1.165, 1.54) is 31.5 Å². The molecule has 0 aromatic heterocycles. The molecule has 0 unspecified atom stereocenters. The lowest BCUT2D eigenvalue weighted by Crippen LogP contribution is -2.49. The maximum atomic E-state index is 12.8. The third-order valence-electron chi connectivity index (χ3n) is 3.67. The fraction of sp³-hybridized carbons (Fsp3) is 0.500. The Bertz CT molecular complexity index is 651. The molecule has 1 saturated heterocycles. The minimum absolute atomic E-state index is 0.0454. The highest BCUT2D eigenvalue weighted by atomic mass is 32.2. The van der Waals surface area contributed by atoms with Gasteiger partial charge < -0.3 is 14.4 Å². The van der Waals surface area contributed by atoms with Crippen LogP contribution in [0.5, 0.6) is 11.5 Å². The lowest BCUT2D eigenvalue weighted by Gasteiger charge is -2.33. The molecule has 0 saturated carbocycles. The Balaban J connectivity index is 2.29. The predicted molar refractivity (Wildman–Crippen MR) is 80.6 cm³/mol. The lowest BCUT2D eigenvalue weighted by molar-refractivity contribution is -0.129. The number of piperazine rings is 1. The highest BCUT2D eigenvalue weighted by molar-refractivity contribution is 7.89. The molecule has 0 N–H and O–H groups in total. The zero-order valence-corrected chi connectivity index (χ0v) is 13.7. The fourth-order valence-corrected chi connectivity index (χ4v) is 3.96. The molecule has 1 aromatic carbocycles. The van der Waals surface area contributed by atoms with Crippen LogP contribution in [0.15, 0.2) is 23.1 Å². The monoisotopic (exact) mass is 328 g/mol. The number of hydrogen-bond acceptors (Lipinski definition) is 5. The second-order valence-corrected chi connectivity index (χ2v) is 6.83. The average Bonchev–Trinajstić information content (AvgIpc) is 2.54. The molecule has 0 radical (unpaired) electrons. The van der Waals surface area contributed by atoms with Crippen molar-refractivity contribution >= 4 is 15.9 Å². The number of rotatable bonds is 4. The standard InChI is InChI=1S/C14H20N2O5S/c1-11(17)15-6-8-16(9-7-15)22(18,19)14-10-12(20-2)4-5-13(14)21-3/h4-5,10H,6-9H2,1-3H3. The van der Waals surface area contributed by atoms with E-state index in [4.69, 9.17) is 9.47 Å². The molecule has 1 aliphatic rings. The number of ether oxygens (including phenoxy) is 2. The van der Waals surface area contributed by atoms with Crippen LogP contribution in [0.4, 0.5) is 0 Å². The SMILES string of the molecule is COc1ccc(OC)c(S(=O)(=O)N2CCN(C(C)=O)CC2)c1. The maximum absolute atomic E-state index is 12.8. The molecular weight excluding hydrogens is 308 g/mol. The Kier molecular flexibility index (Phi) is 4.92. The van der Waals surface area contributed by atoms with E-state index in [0.717, 1.165) is 0 Å². The van der Waals surface area contributed by atoms with Gasteiger partial charge in [-0.2, -0.15) is 4.31 Å². The highest BCUT2D eigenvalue weighted by Gasteiger charge is 2.31. The van der Waals surface area contributed by atoms with Crippen LogP contribution in [0.2, 0.25) is 0 Å². The van der Waals surface area contributed by atoms with Crippen molar-refractivity contribution in [1.82, 2.24) is 9.21 Å². The van der Waals surface area contributed by atoms with E-state index in [1.807, 2.05) is 0 Å². The minimum atomic E-state index is -3.70. The number of amides is 1. The van der Waals surface area contributed by atoms with E-state index >= 15 is 0 Å². The van der Waals surface area contributed by atoms with Gasteiger partial charge in [0.05, 0.1) is 14.2 Å². The summed E-state index contributed by atoms with van der Waals surface area (Å²) in [6.07, 6.45) is 0. The summed E-state index contributed by atoms with van der Waals surface area (Å²) in [5, 5.41) is 0. The first-order valence-electron chi connectivity index (χ1n) is 6.88. The number of carbonyl (C=O) groups excluding carboxylic acids is 1. The third-order valence-corrected chi connectivity index (χ3v) is 5.59. The van der Waals surface area contributed by atoms with Crippen molar-refractivity contribution in [3.63, 3.8) is 0 Å². The van der Waals surface area contributed by atoms with Crippen LogP contribution in [0.25, 0.3) is 0 Å². The number of nitrogens with zero attached hydrogens (tertiary/aromatic N) is 2. The summed E-state index contributed by atoms with van der Waals surface area (Å²) < 4.78 is 37.2. The van der Waals surface area contributed by atoms with Crippen molar-refractivity contribution in [2.75, 3.05) is 40.4 Å². The molecule has 1 aromatic rings. The largest absolute Gasteiger partial charge is 0.497 e. The van der Waals surface area contributed by atoms with Crippen LogP contribution in [0.1, 0.15) is 6.92 Å². The summed E-state index contributed by atoms with van der Waals surface area (Å²) in [6.45, 7) is 2.79. The van der Waals surface area contributed by atoms with E-state index in [-0.39, 0.29) is 29.6 Å². The van der Waals surface area contributed by atoms with E-state index in [0.29, 0.717) is 18.8 Å². The van der Waals surface area contributed by atoms with Crippen LogP contribution in [0.3, 0.4) is 0 Å². The second-order valence-electron chi connectivity index (χ2n) is 4.93. The molecular formula is C14H20N2O5S. The molecule has 22 heavy (non-hydrogen) atoms. The van der Waals surface area contributed by atoms with Gasteiger partial charge in [0.1, 0.15) is 16.4 Å².